The minimum atomic E-state index is 0. The third kappa shape index (κ3) is 1.19. The molecule has 1 aromatic heterocycles. The SMILES string of the molecule is C#Cc1cc(C)c2nn(C)cc2c1.[HH]. The summed E-state index contributed by atoms with van der Waals surface area (Å²) < 4.78 is 1.80. The number of fused-ring (bicyclic) bond motifs is 1. The van der Waals surface area contributed by atoms with E-state index in [2.05, 4.69) is 11.0 Å². The molecule has 0 amide bonds. The lowest BCUT2D eigenvalue weighted by Crippen LogP contribution is -1.86. The number of rotatable bonds is 0. The molecule has 1 aromatic carbocycles. The second kappa shape index (κ2) is 2.63. The summed E-state index contributed by atoms with van der Waals surface area (Å²) in [5.74, 6) is 2.63. The standard InChI is InChI=1S/C11H10N2.H2/c1-4-9-5-8(2)11-10(6-9)7-13(3)12-11;/h1,5-7H,2-3H3;1H. The number of benzene rings is 1. The molecule has 0 radical (unpaired) electrons. The van der Waals surface area contributed by atoms with Gasteiger partial charge in [-0.05, 0) is 24.6 Å². The van der Waals surface area contributed by atoms with Crippen LogP contribution in [-0.4, -0.2) is 9.78 Å². The average molecular weight is 172 g/mol. The van der Waals surface area contributed by atoms with Crippen molar-refractivity contribution in [3.05, 3.63) is 29.5 Å². The first-order chi connectivity index (χ1) is 6.20. The van der Waals surface area contributed by atoms with E-state index in [1.165, 1.54) is 0 Å². The van der Waals surface area contributed by atoms with E-state index < -0.39 is 0 Å². The Morgan fingerprint density at radius 3 is 3.00 bits per heavy atom. The molecule has 0 aliphatic carbocycles. The number of hydrogen-bond acceptors (Lipinski definition) is 1. The molecular weight excluding hydrogens is 160 g/mol. The number of hydrogen-bond donors (Lipinski definition) is 0. The summed E-state index contributed by atoms with van der Waals surface area (Å²) in [6.45, 7) is 2.02. The van der Waals surface area contributed by atoms with E-state index in [1.54, 1.807) is 4.68 Å². The van der Waals surface area contributed by atoms with Gasteiger partial charge in [-0.15, -0.1) is 6.42 Å². The molecule has 0 spiro atoms. The van der Waals surface area contributed by atoms with Gasteiger partial charge in [0.1, 0.15) is 0 Å². The van der Waals surface area contributed by atoms with Crippen molar-refractivity contribution < 1.29 is 1.43 Å². The van der Waals surface area contributed by atoms with Crippen LogP contribution in [0.5, 0.6) is 0 Å². The first-order valence-corrected chi connectivity index (χ1v) is 4.11. The lowest BCUT2D eigenvalue weighted by Gasteiger charge is -1.95. The zero-order valence-electron chi connectivity index (χ0n) is 7.70. The van der Waals surface area contributed by atoms with Crippen LogP contribution in [0.1, 0.15) is 12.6 Å². The van der Waals surface area contributed by atoms with Gasteiger partial charge in [-0.1, -0.05) is 5.92 Å². The van der Waals surface area contributed by atoms with Crippen LogP contribution in [0.15, 0.2) is 18.3 Å². The molecule has 2 nitrogen and oxygen atoms in total. The molecule has 1 heterocycles. The highest BCUT2D eigenvalue weighted by Crippen LogP contribution is 2.18. The lowest BCUT2D eigenvalue weighted by molar-refractivity contribution is 0.779. The van der Waals surface area contributed by atoms with Crippen LogP contribution < -0.4 is 0 Å². The lowest BCUT2D eigenvalue weighted by atomic mass is 10.1. The van der Waals surface area contributed by atoms with Gasteiger partial charge in [-0.2, -0.15) is 5.10 Å². The average Bonchev–Trinajstić information content (AvgIpc) is 2.46. The number of aryl methyl sites for hydroxylation is 2. The highest BCUT2D eigenvalue weighted by Gasteiger charge is 2.02. The summed E-state index contributed by atoms with van der Waals surface area (Å²) in [5.41, 5.74) is 3.07. The second-order valence-corrected chi connectivity index (χ2v) is 3.18. The third-order valence-corrected chi connectivity index (χ3v) is 2.08. The predicted octanol–water partition coefficient (Wildman–Crippen LogP) is 2.11. The van der Waals surface area contributed by atoms with E-state index in [1.807, 2.05) is 32.3 Å². The maximum atomic E-state index is 5.34. The van der Waals surface area contributed by atoms with Crippen LogP contribution in [0.4, 0.5) is 0 Å². The summed E-state index contributed by atoms with van der Waals surface area (Å²) in [6, 6.07) is 3.96. The van der Waals surface area contributed by atoms with Gasteiger partial charge in [-0.3, -0.25) is 4.68 Å². The van der Waals surface area contributed by atoms with Gasteiger partial charge in [0.05, 0.1) is 5.52 Å². The summed E-state index contributed by atoms with van der Waals surface area (Å²) in [6.07, 6.45) is 7.31. The number of nitrogens with zero attached hydrogens (tertiary/aromatic N) is 2. The van der Waals surface area contributed by atoms with Crippen LogP contribution in [0.3, 0.4) is 0 Å². The van der Waals surface area contributed by atoms with Gasteiger partial charge >= 0.3 is 0 Å². The first-order valence-electron chi connectivity index (χ1n) is 4.11. The van der Waals surface area contributed by atoms with E-state index >= 15 is 0 Å². The Bertz CT molecular complexity index is 506. The van der Waals surface area contributed by atoms with E-state index in [0.717, 1.165) is 22.0 Å². The quantitative estimate of drug-likeness (QED) is 0.556. The molecule has 0 atom stereocenters. The summed E-state index contributed by atoms with van der Waals surface area (Å²) in [4.78, 5) is 0. The largest absolute Gasteiger partial charge is 0.275 e. The molecule has 2 heteroatoms. The van der Waals surface area contributed by atoms with Crippen LogP contribution in [0.25, 0.3) is 10.9 Å². The van der Waals surface area contributed by atoms with Crippen LogP contribution in [0, 0.1) is 19.3 Å². The molecule has 0 aliphatic rings. The highest BCUT2D eigenvalue weighted by molar-refractivity contribution is 5.82. The fourth-order valence-electron chi connectivity index (χ4n) is 1.51. The fraction of sp³-hybridized carbons (Fsp3) is 0.182. The molecular formula is C11H12N2. The normalized spacial score (nSPS) is 10.2. The highest BCUT2D eigenvalue weighted by atomic mass is 15.2. The van der Waals surface area contributed by atoms with E-state index in [4.69, 9.17) is 6.42 Å². The molecule has 2 aromatic rings. The van der Waals surface area contributed by atoms with Crippen molar-refractivity contribution >= 4 is 10.9 Å². The molecule has 13 heavy (non-hydrogen) atoms. The number of aromatic nitrogens is 2. The Morgan fingerprint density at radius 1 is 1.54 bits per heavy atom. The monoisotopic (exact) mass is 172 g/mol. The second-order valence-electron chi connectivity index (χ2n) is 3.18. The van der Waals surface area contributed by atoms with Crippen molar-refractivity contribution in [3.63, 3.8) is 0 Å². The van der Waals surface area contributed by atoms with Crippen molar-refractivity contribution in [3.8, 4) is 12.3 Å². The summed E-state index contributed by atoms with van der Waals surface area (Å²) >= 11 is 0. The Hall–Kier alpha value is -1.75. The topological polar surface area (TPSA) is 17.8 Å². The Kier molecular flexibility index (Phi) is 1.60. The van der Waals surface area contributed by atoms with Crippen LogP contribution in [0.2, 0.25) is 0 Å². The molecule has 0 unspecified atom stereocenters. The van der Waals surface area contributed by atoms with Crippen LogP contribution >= 0.6 is 0 Å². The molecule has 2 rings (SSSR count). The van der Waals surface area contributed by atoms with E-state index in [0.29, 0.717) is 0 Å². The minimum absolute atomic E-state index is 0. The zero-order valence-corrected chi connectivity index (χ0v) is 7.70. The molecule has 0 aliphatic heterocycles. The molecule has 0 saturated heterocycles. The van der Waals surface area contributed by atoms with Gasteiger partial charge in [0.25, 0.3) is 0 Å². The van der Waals surface area contributed by atoms with Crippen molar-refractivity contribution in [2.45, 2.75) is 6.92 Å². The van der Waals surface area contributed by atoms with Crippen molar-refractivity contribution in [1.29, 1.82) is 0 Å². The predicted molar refractivity (Wildman–Crippen MR) is 55.5 cm³/mol. The third-order valence-electron chi connectivity index (χ3n) is 2.08. The molecule has 0 N–H and O–H groups in total. The molecule has 0 bridgehead atoms. The molecule has 0 saturated carbocycles. The van der Waals surface area contributed by atoms with Crippen molar-refractivity contribution in [2.24, 2.45) is 7.05 Å². The van der Waals surface area contributed by atoms with Gasteiger partial charge in [-0.25, -0.2) is 0 Å². The van der Waals surface area contributed by atoms with Gasteiger partial charge in [0.15, 0.2) is 0 Å². The fourth-order valence-corrected chi connectivity index (χ4v) is 1.51. The first kappa shape index (κ1) is 7.88. The van der Waals surface area contributed by atoms with Gasteiger partial charge < -0.3 is 0 Å². The maximum absolute atomic E-state index is 5.34. The summed E-state index contributed by atoms with van der Waals surface area (Å²) in [5, 5.41) is 5.44. The van der Waals surface area contributed by atoms with E-state index in [9.17, 15) is 0 Å². The van der Waals surface area contributed by atoms with Crippen molar-refractivity contribution in [2.75, 3.05) is 0 Å². The number of terminal acetylenes is 1. The smallest absolute Gasteiger partial charge is 0.0953 e. The van der Waals surface area contributed by atoms with Crippen molar-refractivity contribution in [1.82, 2.24) is 9.78 Å². The zero-order chi connectivity index (χ0) is 9.42. The Balaban J connectivity index is 0.000000980. The summed E-state index contributed by atoms with van der Waals surface area (Å²) in [7, 11) is 1.91. The van der Waals surface area contributed by atoms with E-state index in [-0.39, 0.29) is 1.43 Å². The minimum Gasteiger partial charge on any atom is -0.275 e. The Labute approximate surface area is 78.7 Å². The maximum Gasteiger partial charge on any atom is 0.0953 e. The molecule has 0 fully saturated rings. The Morgan fingerprint density at radius 2 is 2.31 bits per heavy atom. The van der Waals surface area contributed by atoms with Gasteiger partial charge in [0, 0.05) is 25.6 Å². The molecule has 66 valence electrons. The van der Waals surface area contributed by atoms with Gasteiger partial charge in [0.2, 0.25) is 0 Å². The van der Waals surface area contributed by atoms with Crippen LogP contribution in [-0.2, 0) is 7.05 Å².